The number of hydrogen-bond acceptors (Lipinski definition) is 5. The van der Waals surface area contributed by atoms with E-state index in [0.717, 1.165) is 5.56 Å². The fraction of sp³-hybridized carbons (Fsp3) is 0.125. The molecule has 0 heterocycles. The summed E-state index contributed by atoms with van der Waals surface area (Å²) in [4.78, 5) is 22.1. The summed E-state index contributed by atoms with van der Waals surface area (Å²) in [6.07, 6.45) is 0. The quantitative estimate of drug-likeness (QED) is 0.514. The number of hydrazone groups is 1. The molecular formula is C16H15N3O4. The van der Waals surface area contributed by atoms with Gasteiger partial charge in [-0.2, -0.15) is 5.10 Å². The van der Waals surface area contributed by atoms with Gasteiger partial charge in [-0.25, -0.2) is 5.43 Å². The molecule has 2 aromatic rings. The monoisotopic (exact) mass is 313 g/mol. The highest BCUT2D eigenvalue weighted by Crippen LogP contribution is 2.19. The van der Waals surface area contributed by atoms with Gasteiger partial charge >= 0.3 is 0 Å². The summed E-state index contributed by atoms with van der Waals surface area (Å²) in [7, 11) is 0. The maximum atomic E-state index is 12.0. The summed E-state index contributed by atoms with van der Waals surface area (Å²) in [6.45, 7) is 3.51. The first-order valence-electron chi connectivity index (χ1n) is 6.77. The number of phenolic OH excluding ortho intramolecular Hbond substituents is 1. The molecular weight excluding hydrogens is 298 g/mol. The first-order valence-corrected chi connectivity index (χ1v) is 6.77. The Morgan fingerprint density at radius 3 is 2.70 bits per heavy atom. The van der Waals surface area contributed by atoms with Crippen LogP contribution in [0.1, 0.15) is 28.4 Å². The summed E-state index contributed by atoms with van der Waals surface area (Å²) in [5.74, 6) is -0.512. The van der Waals surface area contributed by atoms with Crippen LogP contribution in [-0.4, -0.2) is 21.6 Å². The van der Waals surface area contributed by atoms with E-state index in [2.05, 4.69) is 10.5 Å². The number of carbonyl (C=O) groups is 1. The number of aryl methyl sites for hydroxylation is 1. The standard InChI is InChI=1S/C16H15N3O4/c1-10-6-7-15(20)14(8-10)11(2)17-18-16(21)12-4-3-5-13(9-12)19(22)23/h3-9,20H,1-2H3,(H,18,21)/b17-11+. The number of benzene rings is 2. The lowest BCUT2D eigenvalue weighted by Crippen LogP contribution is -2.19. The van der Waals surface area contributed by atoms with Crippen LogP contribution in [0.5, 0.6) is 5.75 Å². The Hall–Kier alpha value is -3.22. The minimum absolute atomic E-state index is 0.0569. The molecule has 2 N–H and O–H groups in total. The van der Waals surface area contributed by atoms with Gasteiger partial charge in [-0.15, -0.1) is 0 Å². The predicted molar refractivity (Wildman–Crippen MR) is 85.6 cm³/mol. The third-order valence-corrected chi connectivity index (χ3v) is 3.19. The number of amides is 1. The molecule has 0 bridgehead atoms. The second-order valence-electron chi connectivity index (χ2n) is 4.97. The minimum atomic E-state index is -0.573. The highest BCUT2D eigenvalue weighted by atomic mass is 16.6. The van der Waals surface area contributed by atoms with E-state index < -0.39 is 10.8 Å². The van der Waals surface area contributed by atoms with Gasteiger partial charge in [0, 0.05) is 23.3 Å². The van der Waals surface area contributed by atoms with E-state index in [9.17, 15) is 20.0 Å². The topological polar surface area (TPSA) is 105 Å². The van der Waals surface area contributed by atoms with Crippen molar-refractivity contribution >= 4 is 17.3 Å². The van der Waals surface area contributed by atoms with Gasteiger partial charge in [-0.3, -0.25) is 14.9 Å². The number of carbonyl (C=O) groups excluding carboxylic acids is 1. The van der Waals surface area contributed by atoms with E-state index in [1.807, 2.05) is 6.92 Å². The van der Waals surface area contributed by atoms with Crippen LogP contribution in [0.4, 0.5) is 5.69 Å². The van der Waals surface area contributed by atoms with Crippen molar-refractivity contribution in [1.82, 2.24) is 5.43 Å². The van der Waals surface area contributed by atoms with Crippen LogP contribution in [0.3, 0.4) is 0 Å². The van der Waals surface area contributed by atoms with E-state index in [4.69, 9.17) is 0 Å². The molecule has 0 atom stereocenters. The SMILES string of the molecule is C/C(=N\NC(=O)c1cccc([N+](=O)[O-])c1)c1cc(C)ccc1O. The number of hydrogen-bond donors (Lipinski definition) is 2. The number of rotatable bonds is 4. The van der Waals surface area contributed by atoms with Crippen molar-refractivity contribution in [3.8, 4) is 5.75 Å². The lowest BCUT2D eigenvalue weighted by molar-refractivity contribution is -0.384. The van der Waals surface area contributed by atoms with Gasteiger partial charge in [0.15, 0.2) is 0 Å². The third-order valence-electron chi connectivity index (χ3n) is 3.19. The van der Waals surface area contributed by atoms with Crippen LogP contribution in [0.25, 0.3) is 0 Å². The summed E-state index contributed by atoms with van der Waals surface area (Å²) in [6, 6.07) is 10.4. The van der Waals surface area contributed by atoms with E-state index in [1.54, 1.807) is 25.1 Å². The first kappa shape index (κ1) is 16.2. The highest BCUT2D eigenvalue weighted by molar-refractivity contribution is 6.02. The molecule has 23 heavy (non-hydrogen) atoms. The molecule has 0 aliphatic rings. The van der Waals surface area contributed by atoms with Gasteiger partial charge in [0.25, 0.3) is 11.6 Å². The third kappa shape index (κ3) is 3.91. The molecule has 7 heteroatoms. The number of aromatic hydroxyl groups is 1. The lowest BCUT2D eigenvalue weighted by Gasteiger charge is -2.06. The molecule has 0 aliphatic heterocycles. The molecule has 7 nitrogen and oxygen atoms in total. The van der Waals surface area contributed by atoms with Crippen LogP contribution < -0.4 is 5.43 Å². The van der Waals surface area contributed by atoms with Crippen LogP contribution in [0, 0.1) is 17.0 Å². The fourth-order valence-electron chi connectivity index (χ4n) is 1.96. The first-order chi connectivity index (χ1) is 10.9. The van der Waals surface area contributed by atoms with E-state index in [1.165, 1.54) is 24.3 Å². The second-order valence-corrected chi connectivity index (χ2v) is 4.97. The molecule has 2 aromatic carbocycles. The molecule has 0 saturated heterocycles. The molecule has 0 radical (unpaired) electrons. The van der Waals surface area contributed by atoms with Crippen molar-refractivity contribution in [2.45, 2.75) is 13.8 Å². The summed E-state index contributed by atoms with van der Waals surface area (Å²) in [5, 5.41) is 24.5. The van der Waals surface area contributed by atoms with Gasteiger partial charge < -0.3 is 5.11 Å². The molecule has 0 aromatic heterocycles. The van der Waals surface area contributed by atoms with Crippen LogP contribution in [0.15, 0.2) is 47.6 Å². The van der Waals surface area contributed by atoms with Crippen molar-refractivity contribution < 1.29 is 14.8 Å². The maximum absolute atomic E-state index is 12.0. The zero-order valence-electron chi connectivity index (χ0n) is 12.6. The number of nitro groups is 1. The molecule has 118 valence electrons. The Kier molecular flexibility index (Phi) is 4.70. The van der Waals surface area contributed by atoms with Crippen molar-refractivity contribution in [3.63, 3.8) is 0 Å². The van der Waals surface area contributed by atoms with Crippen molar-refractivity contribution in [3.05, 3.63) is 69.3 Å². The number of nitrogens with zero attached hydrogens (tertiary/aromatic N) is 2. The molecule has 0 unspecified atom stereocenters. The predicted octanol–water partition coefficient (Wildman–Crippen LogP) is 2.76. The average molecular weight is 313 g/mol. The van der Waals surface area contributed by atoms with Gasteiger partial charge in [0.1, 0.15) is 5.75 Å². The summed E-state index contributed by atoms with van der Waals surface area (Å²) in [5.41, 5.74) is 4.15. The molecule has 0 fully saturated rings. The van der Waals surface area contributed by atoms with Crippen molar-refractivity contribution in [2.75, 3.05) is 0 Å². The van der Waals surface area contributed by atoms with Gasteiger partial charge in [0.2, 0.25) is 0 Å². The molecule has 0 aliphatic carbocycles. The number of non-ortho nitro benzene ring substituents is 1. The number of phenols is 1. The average Bonchev–Trinajstić information content (AvgIpc) is 2.54. The Balaban J connectivity index is 2.18. The van der Waals surface area contributed by atoms with E-state index in [0.29, 0.717) is 11.3 Å². The van der Waals surface area contributed by atoms with Gasteiger partial charge in [0.05, 0.1) is 10.6 Å². The van der Waals surface area contributed by atoms with Crippen LogP contribution >= 0.6 is 0 Å². The molecule has 0 saturated carbocycles. The van der Waals surface area contributed by atoms with E-state index in [-0.39, 0.29) is 17.0 Å². The smallest absolute Gasteiger partial charge is 0.271 e. The van der Waals surface area contributed by atoms with Gasteiger partial charge in [-0.05, 0) is 32.0 Å². The van der Waals surface area contributed by atoms with Crippen LogP contribution in [0.2, 0.25) is 0 Å². The second kappa shape index (κ2) is 6.69. The summed E-state index contributed by atoms with van der Waals surface area (Å²) < 4.78 is 0. The van der Waals surface area contributed by atoms with Crippen molar-refractivity contribution in [1.29, 1.82) is 0 Å². The Labute approximate surface area is 132 Å². The molecule has 2 rings (SSSR count). The Morgan fingerprint density at radius 1 is 1.26 bits per heavy atom. The fourth-order valence-corrected chi connectivity index (χ4v) is 1.96. The zero-order chi connectivity index (χ0) is 17.0. The Bertz CT molecular complexity index is 800. The molecule has 1 amide bonds. The zero-order valence-corrected chi connectivity index (χ0v) is 12.6. The highest BCUT2D eigenvalue weighted by Gasteiger charge is 2.11. The molecule has 0 spiro atoms. The lowest BCUT2D eigenvalue weighted by atomic mass is 10.1. The number of nitrogens with one attached hydrogen (secondary N) is 1. The minimum Gasteiger partial charge on any atom is -0.507 e. The van der Waals surface area contributed by atoms with Gasteiger partial charge in [-0.1, -0.05) is 17.7 Å². The normalized spacial score (nSPS) is 11.1. The Morgan fingerprint density at radius 2 is 2.00 bits per heavy atom. The maximum Gasteiger partial charge on any atom is 0.271 e. The van der Waals surface area contributed by atoms with Crippen molar-refractivity contribution in [2.24, 2.45) is 5.10 Å². The van der Waals surface area contributed by atoms with E-state index >= 15 is 0 Å². The summed E-state index contributed by atoms with van der Waals surface area (Å²) >= 11 is 0. The van der Waals surface area contributed by atoms with Crippen LogP contribution in [-0.2, 0) is 0 Å². The largest absolute Gasteiger partial charge is 0.507 e. The number of nitro benzene ring substituents is 1.